The van der Waals surface area contributed by atoms with Gasteiger partial charge in [-0.15, -0.1) is 4.28 Å². The maximum atomic E-state index is 12.1. The number of hydroxylamine groups is 1. The molecule has 7 heteroatoms. The van der Waals surface area contributed by atoms with E-state index >= 15 is 0 Å². The lowest BCUT2D eigenvalue weighted by Gasteiger charge is -2.12. The van der Waals surface area contributed by atoms with Gasteiger partial charge in [-0.2, -0.15) is 13.9 Å². The molecule has 0 aromatic heterocycles. The number of carbonyl (C=O) groups excluding carboxylic acids is 1. The molecule has 1 amide bonds. The molecule has 0 aliphatic rings. The van der Waals surface area contributed by atoms with Gasteiger partial charge in [-0.3, -0.25) is 0 Å². The number of hydrogen-bond donors (Lipinski definition) is 1. The molecule has 0 saturated heterocycles. The average Bonchev–Trinajstić information content (AvgIpc) is 2.32. The minimum Gasteiger partial charge on any atom is -0.444 e. The molecule has 1 aromatic carbocycles. The molecule has 0 spiro atoms. The molecular weight excluding hydrogens is 282 g/mol. The van der Waals surface area contributed by atoms with Crippen molar-refractivity contribution in [2.45, 2.75) is 25.7 Å². The van der Waals surface area contributed by atoms with Gasteiger partial charge in [0.05, 0.1) is 0 Å². The van der Waals surface area contributed by atoms with Crippen LogP contribution in [0.5, 0.6) is 0 Å². The lowest BCUT2D eigenvalue weighted by atomic mass is 10.1. The Balaban J connectivity index is 2.90. The Morgan fingerprint density at radius 3 is 2.35 bits per heavy atom. The summed E-state index contributed by atoms with van der Waals surface area (Å²) in [5.74, 6) is 0. The topological polar surface area (TPSA) is 81.7 Å². The van der Waals surface area contributed by atoms with Crippen molar-refractivity contribution in [3.63, 3.8) is 0 Å². The van der Waals surface area contributed by atoms with Crippen molar-refractivity contribution in [3.8, 4) is 0 Å². The third-order valence-corrected chi connectivity index (χ3v) is 3.87. The molecule has 0 fully saturated rings. The van der Waals surface area contributed by atoms with E-state index in [-0.39, 0.29) is 11.5 Å². The van der Waals surface area contributed by atoms with Gasteiger partial charge in [0, 0.05) is 0 Å². The zero-order valence-electron chi connectivity index (χ0n) is 11.6. The monoisotopic (exact) mass is 299 g/mol. The third kappa shape index (κ3) is 4.07. The maximum absolute atomic E-state index is 12.1. The van der Waals surface area contributed by atoms with Crippen molar-refractivity contribution in [2.75, 3.05) is 6.61 Å². The highest BCUT2D eigenvalue weighted by Gasteiger charge is 2.22. The van der Waals surface area contributed by atoms with Crippen molar-refractivity contribution in [2.24, 2.45) is 0 Å². The van der Waals surface area contributed by atoms with Crippen LogP contribution < -0.4 is 5.48 Å². The molecule has 1 N–H and O–H groups in total. The highest BCUT2D eigenvalue weighted by atomic mass is 32.2. The van der Waals surface area contributed by atoms with Gasteiger partial charge in [0.2, 0.25) is 0 Å². The van der Waals surface area contributed by atoms with Gasteiger partial charge in [-0.05, 0) is 31.9 Å². The zero-order chi connectivity index (χ0) is 15.3. The van der Waals surface area contributed by atoms with E-state index in [9.17, 15) is 13.2 Å². The van der Waals surface area contributed by atoms with Gasteiger partial charge in [-0.1, -0.05) is 30.4 Å². The van der Waals surface area contributed by atoms with Crippen LogP contribution in [-0.2, 0) is 19.1 Å². The molecule has 0 radical (unpaired) electrons. The van der Waals surface area contributed by atoms with E-state index in [0.717, 1.165) is 5.56 Å². The number of ether oxygens (including phenoxy) is 1. The molecule has 1 aromatic rings. The summed E-state index contributed by atoms with van der Waals surface area (Å²) in [4.78, 5) is 11.2. The highest BCUT2D eigenvalue weighted by Crippen LogP contribution is 2.22. The van der Waals surface area contributed by atoms with Crippen molar-refractivity contribution in [1.82, 2.24) is 5.48 Å². The van der Waals surface area contributed by atoms with Crippen molar-refractivity contribution < 1.29 is 22.2 Å². The summed E-state index contributed by atoms with van der Waals surface area (Å²) in [6, 6.07) is 3.44. The van der Waals surface area contributed by atoms with Crippen molar-refractivity contribution in [3.05, 3.63) is 41.5 Å². The molecule has 20 heavy (non-hydrogen) atoms. The Kier molecular flexibility index (Phi) is 5.29. The number of amides is 1. The van der Waals surface area contributed by atoms with Crippen LogP contribution >= 0.6 is 0 Å². The van der Waals surface area contributed by atoms with Crippen LogP contribution in [0.25, 0.3) is 0 Å². The first-order valence-corrected chi connectivity index (χ1v) is 7.23. The van der Waals surface area contributed by atoms with Crippen LogP contribution in [0.15, 0.2) is 29.7 Å². The van der Waals surface area contributed by atoms with Crippen molar-refractivity contribution >= 4 is 16.2 Å². The summed E-state index contributed by atoms with van der Waals surface area (Å²) in [5.41, 5.74) is 3.76. The second-order valence-corrected chi connectivity index (χ2v) is 5.74. The summed E-state index contributed by atoms with van der Waals surface area (Å²) in [6.07, 6.45) is 0.346. The van der Waals surface area contributed by atoms with Gasteiger partial charge < -0.3 is 4.74 Å². The Labute approximate surface area is 118 Å². The predicted molar refractivity (Wildman–Crippen MR) is 73.6 cm³/mol. The fourth-order valence-electron chi connectivity index (χ4n) is 1.86. The van der Waals surface area contributed by atoms with E-state index in [1.807, 2.05) is 6.92 Å². The molecule has 0 heterocycles. The third-order valence-electron chi connectivity index (χ3n) is 2.42. The predicted octanol–water partition coefficient (Wildman–Crippen LogP) is 2.14. The van der Waals surface area contributed by atoms with E-state index in [1.165, 1.54) is 6.08 Å². The first-order chi connectivity index (χ1) is 9.27. The first-order valence-electron chi connectivity index (χ1n) is 5.83. The van der Waals surface area contributed by atoms with Crippen LogP contribution in [0.2, 0.25) is 0 Å². The highest BCUT2D eigenvalue weighted by molar-refractivity contribution is 7.86. The largest absolute Gasteiger partial charge is 0.444 e. The Morgan fingerprint density at radius 2 is 1.85 bits per heavy atom. The summed E-state index contributed by atoms with van der Waals surface area (Å²) >= 11 is 0. The summed E-state index contributed by atoms with van der Waals surface area (Å²) in [6.45, 7) is 8.49. The number of aryl methyl sites for hydroxylation is 3. The molecule has 1 rings (SSSR count). The lowest BCUT2D eigenvalue weighted by molar-refractivity contribution is 0.111. The average molecular weight is 299 g/mol. The van der Waals surface area contributed by atoms with Gasteiger partial charge >= 0.3 is 16.2 Å². The molecule has 6 nitrogen and oxygen atoms in total. The smallest absolute Gasteiger partial charge is 0.432 e. The fourth-order valence-corrected chi connectivity index (χ4v) is 3.02. The van der Waals surface area contributed by atoms with E-state index in [2.05, 4.69) is 15.6 Å². The number of benzene rings is 1. The molecule has 110 valence electrons. The van der Waals surface area contributed by atoms with Gasteiger partial charge in [0.25, 0.3) is 0 Å². The fraction of sp³-hybridized carbons (Fsp3) is 0.308. The Morgan fingerprint density at radius 1 is 1.30 bits per heavy atom. The Bertz CT molecular complexity index is 599. The standard InChI is InChI=1S/C13H17NO5S/c1-5-6-18-13(15)14-19-20(16,17)12-10(3)7-9(2)8-11(12)4/h5,7-8H,1,6H2,2-4H3,(H,14,15). The minimum absolute atomic E-state index is 0.0344. The van der Waals surface area contributed by atoms with E-state index in [1.54, 1.807) is 31.5 Å². The summed E-state index contributed by atoms with van der Waals surface area (Å²) < 4.78 is 33.1. The molecule has 0 unspecified atom stereocenters. The van der Waals surface area contributed by atoms with Crippen LogP contribution in [-0.4, -0.2) is 21.1 Å². The van der Waals surface area contributed by atoms with Crippen LogP contribution in [0.1, 0.15) is 16.7 Å². The van der Waals surface area contributed by atoms with Crippen LogP contribution in [0.4, 0.5) is 4.79 Å². The SMILES string of the molecule is C=CCOC(=O)NOS(=O)(=O)c1c(C)cc(C)cc1C. The van der Waals surface area contributed by atoms with Gasteiger partial charge in [0.1, 0.15) is 11.5 Å². The molecule has 0 aliphatic carbocycles. The second kappa shape index (κ2) is 6.53. The molecule has 0 bridgehead atoms. The number of hydrogen-bond acceptors (Lipinski definition) is 5. The summed E-state index contributed by atoms with van der Waals surface area (Å²) in [7, 11) is -4.10. The number of carbonyl (C=O) groups is 1. The Hall–Kier alpha value is -1.86. The quantitative estimate of drug-likeness (QED) is 0.665. The van der Waals surface area contributed by atoms with Gasteiger partial charge in [-0.25, -0.2) is 4.79 Å². The van der Waals surface area contributed by atoms with Crippen molar-refractivity contribution in [1.29, 1.82) is 0 Å². The van der Waals surface area contributed by atoms with Crippen LogP contribution in [0.3, 0.4) is 0 Å². The molecule has 0 atom stereocenters. The normalized spacial score (nSPS) is 10.9. The maximum Gasteiger partial charge on any atom is 0.432 e. The second-order valence-electron chi connectivity index (χ2n) is 4.25. The van der Waals surface area contributed by atoms with Gasteiger partial charge in [0.15, 0.2) is 0 Å². The zero-order valence-corrected chi connectivity index (χ0v) is 12.4. The molecular formula is C13H17NO5S. The summed E-state index contributed by atoms with van der Waals surface area (Å²) in [5, 5.41) is 0. The van der Waals surface area contributed by atoms with E-state index < -0.39 is 16.2 Å². The van der Waals surface area contributed by atoms with E-state index in [4.69, 9.17) is 0 Å². The minimum atomic E-state index is -4.10. The lowest BCUT2D eigenvalue weighted by Crippen LogP contribution is -2.28. The van der Waals surface area contributed by atoms with E-state index in [0.29, 0.717) is 11.1 Å². The first kappa shape index (κ1) is 16.2. The number of nitrogens with one attached hydrogen (secondary N) is 1. The number of rotatable bonds is 5. The molecule has 0 saturated carbocycles. The molecule has 0 aliphatic heterocycles. The van der Waals surface area contributed by atoms with Crippen LogP contribution in [0, 0.1) is 20.8 Å².